The smallest absolute Gasteiger partial charge is 0.278 e. The molecule has 3 heterocycles. The van der Waals surface area contributed by atoms with Crippen molar-refractivity contribution in [3.8, 4) is 0 Å². The number of nitrogens with one attached hydrogen (secondary N) is 1. The van der Waals surface area contributed by atoms with Gasteiger partial charge in [-0.2, -0.15) is 0 Å². The highest BCUT2D eigenvalue weighted by Gasteiger charge is 2.22. The maximum Gasteiger partial charge on any atom is 0.278 e. The molecule has 0 aromatic carbocycles. The van der Waals surface area contributed by atoms with Crippen molar-refractivity contribution in [2.24, 2.45) is 0 Å². The van der Waals surface area contributed by atoms with E-state index in [2.05, 4.69) is 15.0 Å². The van der Waals surface area contributed by atoms with Crippen LogP contribution in [-0.2, 0) is 4.74 Å². The summed E-state index contributed by atoms with van der Waals surface area (Å²) in [6.45, 7) is -0.0758. The number of aliphatic hydroxyl groups is 1. The number of aliphatic hydroxyl groups excluding tert-OH is 1. The lowest BCUT2D eigenvalue weighted by molar-refractivity contribution is -0.00639. The van der Waals surface area contributed by atoms with Crippen LogP contribution in [0.3, 0.4) is 0 Å². The van der Waals surface area contributed by atoms with Gasteiger partial charge in [0.15, 0.2) is 17.4 Å². The minimum atomic E-state index is -0.383. The van der Waals surface area contributed by atoms with E-state index in [0.29, 0.717) is 5.65 Å². The second kappa shape index (κ2) is 3.79. The average molecular weight is 234 g/mol. The molecule has 7 heteroatoms. The molecule has 0 saturated heterocycles. The van der Waals surface area contributed by atoms with Crippen LogP contribution in [0.5, 0.6) is 0 Å². The zero-order valence-electron chi connectivity index (χ0n) is 8.78. The quantitative estimate of drug-likeness (QED) is 0.687. The minimum absolute atomic E-state index is 0.0758. The van der Waals surface area contributed by atoms with Crippen LogP contribution in [0.15, 0.2) is 29.6 Å². The van der Waals surface area contributed by atoms with Gasteiger partial charge in [-0.15, -0.1) is 0 Å². The number of hydrogen-bond donors (Lipinski definition) is 2. The van der Waals surface area contributed by atoms with Crippen molar-refractivity contribution in [3.05, 3.63) is 35.2 Å². The fourth-order valence-electron chi connectivity index (χ4n) is 1.80. The summed E-state index contributed by atoms with van der Waals surface area (Å²) >= 11 is 0. The molecule has 0 saturated carbocycles. The molecule has 2 atom stereocenters. The molecule has 0 radical (unpaired) electrons. The molecule has 2 aromatic heterocycles. The largest absolute Gasteiger partial charge is 0.393 e. The molecule has 0 fully saturated rings. The number of aromatic nitrogens is 4. The highest BCUT2D eigenvalue weighted by atomic mass is 16.5. The highest BCUT2D eigenvalue weighted by molar-refractivity contribution is 5.68. The van der Waals surface area contributed by atoms with Gasteiger partial charge in [-0.1, -0.05) is 6.08 Å². The number of aromatic amines is 1. The molecular weight excluding hydrogens is 224 g/mol. The third-order valence-electron chi connectivity index (χ3n) is 2.62. The van der Waals surface area contributed by atoms with E-state index >= 15 is 0 Å². The van der Waals surface area contributed by atoms with Gasteiger partial charge in [-0.3, -0.25) is 9.36 Å². The highest BCUT2D eigenvalue weighted by Crippen LogP contribution is 2.23. The van der Waals surface area contributed by atoms with Crippen molar-refractivity contribution in [1.82, 2.24) is 19.5 Å². The van der Waals surface area contributed by atoms with E-state index in [9.17, 15) is 4.79 Å². The summed E-state index contributed by atoms with van der Waals surface area (Å²) < 4.78 is 7.16. The molecule has 17 heavy (non-hydrogen) atoms. The van der Waals surface area contributed by atoms with Crippen molar-refractivity contribution in [1.29, 1.82) is 0 Å². The fraction of sp³-hybridized carbons (Fsp3) is 0.300. The summed E-state index contributed by atoms with van der Waals surface area (Å²) in [5, 5.41) is 8.97. The van der Waals surface area contributed by atoms with Crippen LogP contribution in [0.2, 0.25) is 0 Å². The maximum atomic E-state index is 11.5. The van der Waals surface area contributed by atoms with Crippen LogP contribution >= 0.6 is 0 Å². The number of hydrogen-bond acceptors (Lipinski definition) is 5. The Labute approximate surface area is 95.4 Å². The van der Waals surface area contributed by atoms with Crippen LogP contribution in [0.1, 0.15) is 6.23 Å². The number of imidazole rings is 1. The first-order valence-electron chi connectivity index (χ1n) is 5.14. The second-order valence-electron chi connectivity index (χ2n) is 3.69. The van der Waals surface area contributed by atoms with Gasteiger partial charge in [0.2, 0.25) is 0 Å². The fourth-order valence-corrected chi connectivity index (χ4v) is 1.80. The lowest BCUT2D eigenvalue weighted by atomic mass is 10.4. The van der Waals surface area contributed by atoms with Crippen LogP contribution in [0.25, 0.3) is 11.2 Å². The van der Waals surface area contributed by atoms with Crippen molar-refractivity contribution in [2.75, 3.05) is 6.61 Å². The van der Waals surface area contributed by atoms with Gasteiger partial charge < -0.3 is 14.8 Å². The summed E-state index contributed by atoms with van der Waals surface area (Å²) in [5.74, 6) is 0. The molecule has 0 spiro atoms. The summed E-state index contributed by atoms with van der Waals surface area (Å²) in [6.07, 6.45) is 5.69. The van der Waals surface area contributed by atoms with E-state index in [4.69, 9.17) is 9.84 Å². The van der Waals surface area contributed by atoms with Gasteiger partial charge in [-0.05, 0) is 6.08 Å². The SMILES string of the molecule is O=c1[nH]cnc2c1ncn2[C@@H]1C=C[C@H](CO)O1. The van der Waals surface area contributed by atoms with E-state index in [1.807, 2.05) is 0 Å². The maximum absolute atomic E-state index is 11.5. The van der Waals surface area contributed by atoms with Gasteiger partial charge >= 0.3 is 0 Å². The van der Waals surface area contributed by atoms with E-state index in [0.717, 1.165) is 0 Å². The molecule has 2 aromatic rings. The summed E-state index contributed by atoms with van der Waals surface area (Å²) in [7, 11) is 0. The van der Waals surface area contributed by atoms with Crippen LogP contribution in [0, 0.1) is 0 Å². The Kier molecular flexibility index (Phi) is 2.27. The molecule has 0 aliphatic carbocycles. The minimum Gasteiger partial charge on any atom is -0.393 e. The van der Waals surface area contributed by atoms with E-state index in [-0.39, 0.29) is 30.0 Å². The van der Waals surface area contributed by atoms with Crippen molar-refractivity contribution < 1.29 is 9.84 Å². The van der Waals surface area contributed by atoms with Gasteiger partial charge in [0.05, 0.1) is 19.3 Å². The monoisotopic (exact) mass is 234 g/mol. The zero-order chi connectivity index (χ0) is 11.8. The molecule has 1 aliphatic heterocycles. The number of fused-ring (bicyclic) bond motifs is 1. The van der Waals surface area contributed by atoms with Gasteiger partial charge in [-0.25, -0.2) is 9.97 Å². The molecule has 88 valence electrons. The molecule has 2 N–H and O–H groups in total. The standard InChI is InChI=1S/C10H10N4O3/c15-3-6-1-2-7(17-6)14-5-13-8-9(14)11-4-12-10(8)16/h1-2,4-7,15H,3H2,(H,11,12,16)/t6-,7+/m1/s1. The van der Waals surface area contributed by atoms with Crippen LogP contribution in [0.4, 0.5) is 0 Å². The van der Waals surface area contributed by atoms with E-state index in [1.54, 1.807) is 16.7 Å². The molecule has 3 rings (SSSR count). The predicted molar refractivity (Wildman–Crippen MR) is 58.3 cm³/mol. The second-order valence-corrected chi connectivity index (χ2v) is 3.69. The van der Waals surface area contributed by atoms with Gasteiger partial charge in [0, 0.05) is 0 Å². The number of rotatable bonds is 2. The van der Waals surface area contributed by atoms with Gasteiger partial charge in [0.1, 0.15) is 6.10 Å². The zero-order valence-corrected chi connectivity index (χ0v) is 8.78. The lowest BCUT2D eigenvalue weighted by Gasteiger charge is -2.13. The topological polar surface area (TPSA) is 93.0 Å². The van der Waals surface area contributed by atoms with E-state index in [1.165, 1.54) is 12.7 Å². The predicted octanol–water partition coefficient (Wildman–Crippen LogP) is -0.435. The number of ether oxygens (including phenoxy) is 1. The third-order valence-corrected chi connectivity index (χ3v) is 2.62. The Hall–Kier alpha value is -1.99. The van der Waals surface area contributed by atoms with E-state index < -0.39 is 0 Å². The van der Waals surface area contributed by atoms with Gasteiger partial charge in [0.25, 0.3) is 5.56 Å². The Balaban J connectivity index is 2.05. The molecule has 1 aliphatic rings. The Bertz CT molecular complexity index is 630. The average Bonchev–Trinajstić information content (AvgIpc) is 2.94. The first-order chi connectivity index (χ1) is 8.29. The Morgan fingerprint density at radius 2 is 2.35 bits per heavy atom. The first-order valence-corrected chi connectivity index (χ1v) is 5.14. The Morgan fingerprint density at radius 1 is 1.47 bits per heavy atom. The number of nitrogens with zero attached hydrogens (tertiary/aromatic N) is 3. The van der Waals surface area contributed by atoms with Crippen molar-refractivity contribution in [2.45, 2.75) is 12.3 Å². The summed E-state index contributed by atoms with van der Waals surface area (Å²) in [4.78, 5) is 22.0. The lowest BCUT2D eigenvalue weighted by Crippen LogP contribution is -2.15. The normalized spacial score (nSPS) is 23.6. The summed E-state index contributed by atoms with van der Waals surface area (Å²) in [6, 6.07) is 0. The third kappa shape index (κ3) is 1.56. The molecule has 0 bridgehead atoms. The van der Waals surface area contributed by atoms with Crippen molar-refractivity contribution in [3.63, 3.8) is 0 Å². The molecular formula is C10H10N4O3. The molecule has 0 amide bonds. The molecule has 7 nitrogen and oxygen atoms in total. The first kappa shape index (κ1) is 10.2. The molecule has 0 unspecified atom stereocenters. The van der Waals surface area contributed by atoms with Crippen LogP contribution in [-0.4, -0.2) is 37.3 Å². The Morgan fingerprint density at radius 3 is 3.12 bits per heavy atom. The van der Waals surface area contributed by atoms with Crippen LogP contribution < -0.4 is 5.56 Å². The number of H-pyrrole nitrogens is 1. The summed E-state index contributed by atoms with van der Waals surface area (Å²) in [5.41, 5.74) is 0.452. The van der Waals surface area contributed by atoms with Crippen molar-refractivity contribution >= 4 is 11.2 Å².